The summed E-state index contributed by atoms with van der Waals surface area (Å²) < 4.78 is 0. The first kappa shape index (κ1) is 12.7. The molecule has 1 heterocycles. The van der Waals surface area contributed by atoms with Crippen molar-refractivity contribution in [2.24, 2.45) is 5.73 Å². The quantitative estimate of drug-likeness (QED) is 0.845. The Balaban J connectivity index is 2.31. The summed E-state index contributed by atoms with van der Waals surface area (Å²) in [6.45, 7) is 1.93. The van der Waals surface area contributed by atoms with Gasteiger partial charge in [0.1, 0.15) is 10.7 Å². The van der Waals surface area contributed by atoms with Crippen molar-refractivity contribution >= 4 is 40.4 Å². The Labute approximate surface area is 115 Å². The molecule has 0 unspecified atom stereocenters. The zero-order valence-corrected chi connectivity index (χ0v) is 11.2. The second-order valence-corrected chi connectivity index (χ2v) is 4.51. The van der Waals surface area contributed by atoms with Crippen molar-refractivity contribution in [1.29, 1.82) is 0 Å². The van der Waals surface area contributed by atoms with Crippen molar-refractivity contribution in [2.45, 2.75) is 6.92 Å². The van der Waals surface area contributed by atoms with Gasteiger partial charge < -0.3 is 11.1 Å². The second kappa shape index (κ2) is 5.29. The number of nitrogens with one attached hydrogen (secondary N) is 1. The molecule has 18 heavy (non-hydrogen) atoms. The molecule has 92 valence electrons. The summed E-state index contributed by atoms with van der Waals surface area (Å²) in [7, 11) is 0. The number of thiocarbonyl (C=S) groups is 1. The number of nitrogens with zero attached hydrogens (tertiary/aromatic N) is 2. The minimum Gasteiger partial charge on any atom is -0.388 e. The fourth-order valence-corrected chi connectivity index (χ4v) is 1.71. The fraction of sp³-hybridized carbons (Fsp3) is 0.0833. The lowest BCUT2D eigenvalue weighted by molar-refractivity contribution is 1.15. The largest absolute Gasteiger partial charge is 0.388 e. The Kier molecular flexibility index (Phi) is 3.74. The van der Waals surface area contributed by atoms with Gasteiger partial charge in [-0.25, -0.2) is 9.97 Å². The summed E-state index contributed by atoms with van der Waals surface area (Å²) in [6.07, 6.45) is 1.59. The van der Waals surface area contributed by atoms with E-state index in [1.165, 1.54) is 0 Å². The molecule has 1 aromatic heterocycles. The zero-order valence-electron chi connectivity index (χ0n) is 9.64. The van der Waals surface area contributed by atoms with E-state index in [0.29, 0.717) is 16.7 Å². The molecule has 0 amide bonds. The van der Waals surface area contributed by atoms with Gasteiger partial charge in [0.2, 0.25) is 5.95 Å². The first-order valence-electron chi connectivity index (χ1n) is 5.23. The number of rotatable bonds is 3. The van der Waals surface area contributed by atoms with Gasteiger partial charge in [0, 0.05) is 6.20 Å². The summed E-state index contributed by atoms with van der Waals surface area (Å²) in [5.74, 6) is 0.410. The van der Waals surface area contributed by atoms with Crippen LogP contribution in [0.4, 0.5) is 11.6 Å². The molecule has 0 saturated carbocycles. The molecule has 2 rings (SSSR count). The van der Waals surface area contributed by atoms with Gasteiger partial charge in [0.05, 0.1) is 10.7 Å². The molecule has 0 saturated heterocycles. The third-order valence-electron chi connectivity index (χ3n) is 2.35. The predicted molar refractivity (Wildman–Crippen MR) is 77.4 cm³/mol. The Morgan fingerprint density at radius 1 is 1.39 bits per heavy atom. The highest BCUT2D eigenvalue weighted by Gasteiger charge is 2.06. The zero-order chi connectivity index (χ0) is 13.1. The minimum absolute atomic E-state index is 0.232. The van der Waals surface area contributed by atoms with Crippen LogP contribution in [0.3, 0.4) is 0 Å². The Morgan fingerprint density at radius 2 is 2.17 bits per heavy atom. The van der Waals surface area contributed by atoms with Crippen LogP contribution >= 0.6 is 23.8 Å². The van der Waals surface area contributed by atoms with E-state index < -0.39 is 0 Å². The van der Waals surface area contributed by atoms with Gasteiger partial charge in [0.25, 0.3) is 0 Å². The smallest absolute Gasteiger partial charge is 0.227 e. The third kappa shape index (κ3) is 2.75. The van der Waals surface area contributed by atoms with Gasteiger partial charge in [-0.05, 0) is 24.6 Å². The summed E-state index contributed by atoms with van der Waals surface area (Å²) in [6, 6.07) is 7.35. The monoisotopic (exact) mass is 278 g/mol. The van der Waals surface area contributed by atoms with Gasteiger partial charge in [-0.2, -0.15) is 0 Å². The summed E-state index contributed by atoms with van der Waals surface area (Å²) in [5, 5.41) is 3.68. The van der Waals surface area contributed by atoms with Crippen molar-refractivity contribution in [1.82, 2.24) is 9.97 Å². The Bertz CT molecular complexity index is 600. The molecule has 0 aliphatic heterocycles. The number of benzene rings is 1. The van der Waals surface area contributed by atoms with Crippen molar-refractivity contribution in [3.63, 3.8) is 0 Å². The number of hydrogen-bond donors (Lipinski definition) is 2. The molecule has 0 radical (unpaired) electrons. The van der Waals surface area contributed by atoms with Crippen molar-refractivity contribution in [3.05, 3.63) is 46.7 Å². The van der Waals surface area contributed by atoms with Crippen molar-refractivity contribution < 1.29 is 0 Å². The first-order chi connectivity index (χ1) is 8.58. The molecule has 0 spiro atoms. The van der Waals surface area contributed by atoms with E-state index in [2.05, 4.69) is 15.3 Å². The van der Waals surface area contributed by atoms with E-state index in [-0.39, 0.29) is 4.99 Å². The Morgan fingerprint density at radius 3 is 2.89 bits per heavy atom. The minimum atomic E-state index is 0.232. The van der Waals surface area contributed by atoms with E-state index >= 15 is 0 Å². The van der Waals surface area contributed by atoms with Crippen molar-refractivity contribution in [2.75, 3.05) is 5.32 Å². The Hall–Kier alpha value is -1.72. The third-order valence-corrected chi connectivity index (χ3v) is 3.06. The summed E-state index contributed by atoms with van der Waals surface area (Å²) >= 11 is 11.0. The van der Waals surface area contributed by atoms with Crippen LogP contribution in [0.15, 0.2) is 30.5 Å². The molecule has 0 aliphatic rings. The van der Waals surface area contributed by atoms with Crippen LogP contribution in [0.2, 0.25) is 5.02 Å². The van der Waals surface area contributed by atoms with E-state index in [9.17, 15) is 0 Å². The normalized spacial score (nSPS) is 10.1. The number of nitrogens with two attached hydrogens (primary N) is 1. The molecule has 0 atom stereocenters. The van der Waals surface area contributed by atoms with Crippen LogP contribution in [0.5, 0.6) is 0 Å². The van der Waals surface area contributed by atoms with Gasteiger partial charge >= 0.3 is 0 Å². The van der Waals surface area contributed by atoms with Gasteiger partial charge in [-0.15, -0.1) is 0 Å². The molecule has 3 N–H and O–H groups in total. The van der Waals surface area contributed by atoms with E-state index in [0.717, 1.165) is 11.3 Å². The van der Waals surface area contributed by atoms with Crippen LogP contribution in [0.25, 0.3) is 0 Å². The standard InChI is InChI=1S/C12H11ClN4S/c1-7-3-2-4-8(10(7)13)16-12-15-6-5-9(17-12)11(14)18/h2-6H,1H3,(H2,14,18)(H,15,16,17). The number of halogens is 1. The topological polar surface area (TPSA) is 63.8 Å². The fourth-order valence-electron chi connectivity index (χ4n) is 1.42. The van der Waals surface area contributed by atoms with Crippen LogP contribution < -0.4 is 11.1 Å². The summed E-state index contributed by atoms with van der Waals surface area (Å²) in [4.78, 5) is 8.52. The van der Waals surface area contributed by atoms with Gasteiger partial charge in [-0.3, -0.25) is 0 Å². The van der Waals surface area contributed by atoms with Gasteiger partial charge in [-0.1, -0.05) is 36.0 Å². The SMILES string of the molecule is Cc1cccc(Nc2nccc(C(N)=S)n2)c1Cl. The highest BCUT2D eigenvalue weighted by Crippen LogP contribution is 2.26. The van der Waals surface area contributed by atoms with Crippen molar-refractivity contribution in [3.8, 4) is 0 Å². The molecule has 4 nitrogen and oxygen atoms in total. The maximum atomic E-state index is 6.18. The second-order valence-electron chi connectivity index (χ2n) is 3.69. The number of aryl methyl sites for hydroxylation is 1. The summed E-state index contributed by atoms with van der Waals surface area (Å²) in [5.41, 5.74) is 7.76. The molecule has 6 heteroatoms. The molecule has 0 fully saturated rings. The molecule has 0 bridgehead atoms. The molecule has 1 aromatic carbocycles. The first-order valence-corrected chi connectivity index (χ1v) is 6.01. The lowest BCUT2D eigenvalue weighted by Crippen LogP contribution is -2.12. The van der Waals surface area contributed by atoms with Gasteiger partial charge in [0.15, 0.2) is 0 Å². The number of anilines is 2. The van der Waals surface area contributed by atoms with E-state index in [1.807, 2.05) is 25.1 Å². The highest BCUT2D eigenvalue weighted by atomic mass is 35.5. The number of hydrogen-bond acceptors (Lipinski definition) is 4. The molecule has 2 aromatic rings. The average Bonchev–Trinajstić information content (AvgIpc) is 2.35. The van der Waals surface area contributed by atoms with E-state index in [4.69, 9.17) is 29.6 Å². The molecular formula is C12H11ClN4S. The lowest BCUT2D eigenvalue weighted by atomic mass is 10.2. The average molecular weight is 279 g/mol. The lowest BCUT2D eigenvalue weighted by Gasteiger charge is -2.09. The molecule has 0 aliphatic carbocycles. The van der Waals surface area contributed by atoms with Crippen LogP contribution in [0, 0.1) is 6.92 Å². The highest BCUT2D eigenvalue weighted by molar-refractivity contribution is 7.80. The maximum Gasteiger partial charge on any atom is 0.227 e. The number of aromatic nitrogens is 2. The predicted octanol–water partition coefficient (Wildman–Crippen LogP) is 2.82. The van der Waals surface area contributed by atoms with E-state index in [1.54, 1.807) is 12.3 Å². The van der Waals surface area contributed by atoms with Crippen LogP contribution in [-0.4, -0.2) is 15.0 Å². The molecular weight excluding hydrogens is 268 g/mol. The maximum absolute atomic E-state index is 6.18. The van der Waals surface area contributed by atoms with Crippen LogP contribution in [0.1, 0.15) is 11.3 Å². The van der Waals surface area contributed by atoms with Crippen LogP contribution in [-0.2, 0) is 0 Å².